The van der Waals surface area contributed by atoms with Gasteiger partial charge in [0.15, 0.2) is 0 Å². The minimum absolute atomic E-state index is 0.103. The molecule has 16 heavy (non-hydrogen) atoms. The second kappa shape index (κ2) is 4.53. The largest absolute Gasteiger partial charge is 0.341 e. The lowest BCUT2D eigenvalue weighted by molar-refractivity contribution is -0.131. The minimum atomic E-state index is -0.361. The van der Waals surface area contributed by atoms with Crippen LogP contribution >= 0.6 is 11.6 Å². The molecule has 0 unspecified atom stereocenters. The monoisotopic (exact) mass is 244 g/mol. The smallest absolute Gasteiger partial charge is 0.239 e. The van der Waals surface area contributed by atoms with Crippen LogP contribution in [0.1, 0.15) is 32.6 Å². The number of nitrogens with two attached hydrogens (primary N) is 1. The fraction of sp³-hybridized carbons (Fsp3) is 0.917. The second-order valence-electron chi connectivity index (χ2n) is 5.56. The van der Waals surface area contributed by atoms with Gasteiger partial charge in [-0.15, -0.1) is 11.6 Å². The topological polar surface area (TPSA) is 46.3 Å². The van der Waals surface area contributed by atoms with E-state index in [1.165, 1.54) is 19.3 Å². The van der Waals surface area contributed by atoms with Crippen molar-refractivity contribution in [2.45, 2.75) is 38.6 Å². The first-order valence-corrected chi connectivity index (χ1v) is 6.70. The van der Waals surface area contributed by atoms with Gasteiger partial charge in [-0.3, -0.25) is 4.79 Å². The Hall–Kier alpha value is -0.280. The van der Waals surface area contributed by atoms with E-state index in [0.717, 1.165) is 25.4 Å². The Labute approximate surface area is 102 Å². The third kappa shape index (κ3) is 2.21. The molecule has 1 amide bonds. The highest BCUT2D eigenvalue weighted by atomic mass is 35.5. The molecule has 1 saturated heterocycles. The number of nitrogens with zero attached hydrogens (tertiary/aromatic N) is 1. The number of carbonyl (C=O) groups excluding carboxylic acids is 1. The third-order valence-electron chi connectivity index (χ3n) is 4.16. The fourth-order valence-electron chi connectivity index (χ4n) is 3.24. The van der Waals surface area contributed by atoms with Crippen molar-refractivity contribution in [1.82, 2.24) is 4.90 Å². The Kier molecular flexibility index (Phi) is 3.45. The molecule has 1 saturated carbocycles. The highest BCUT2D eigenvalue weighted by Gasteiger charge is 2.45. The van der Waals surface area contributed by atoms with Crippen LogP contribution in [0.5, 0.6) is 0 Å². The summed E-state index contributed by atoms with van der Waals surface area (Å²) >= 11 is 5.92. The molecule has 0 aromatic carbocycles. The van der Waals surface area contributed by atoms with E-state index in [4.69, 9.17) is 17.3 Å². The van der Waals surface area contributed by atoms with Gasteiger partial charge in [-0.1, -0.05) is 0 Å². The van der Waals surface area contributed by atoms with Crippen LogP contribution in [0.3, 0.4) is 0 Å². The predicted molar refractivity (Wildman–Crippen MR) is 65.3 cm³/mol. The van der Waals surface area contributed by atoms with E-state index in [9.17, 15) is 4.79 Å². The molecule has 0 radical (unpaired) electrons. The Morgan fingerprint density at radius 1 is 1.62 bits per heavy atom. The van der Waals surface area contributed by atoms with Crippen LogP contribution < -0.4 is 5.73 Å². The maximum atomic E-state index is 11.8. The molecule has 2 fully saturated rings. The highest BCUT2D eigenvalue weighted by molar-refractivity contribution is 6.18. The van der Waals surface area contributed by atoms with Gasteiger partial charge in [0, 0.05) is 19.0 Å². The van der Waals surface area contributed by atoms with Crippen LogP contribution in [0.25, 0.3) is 0 Å². The van der Waals surface area contributed by atoms with Gasteiger partial charge < -0.3 is 10.6 Å². The lowest BCUT2D eigenvalue weighted by Crippen LogP contribution is -2.41. The van der Waals surface area contributed by atoms with Crippen molar-refractivity contribution in [3.63, 3.8) is 0 Å². The standard InChI is InChI=1S/C12H21ClN2O/c1-9(14)11(16)15-5-4-12(8-15)3-2-10(6-12)7-13/h9-10H,2-8,14H2,1H3/t9-,10+,12-/m0/s1. The van der Waals surface area contributed by atoms with Crippen LogP contribution in [-0.4, -0.2) is 35.8 Å². The number of carbonyl (C=O) groups is 1. The Morgan fingerprint density at radius 3 is 2.94 bits per heavy atom. The Bertz CT molecular complexity index is 282. The first kappa shape index (κ1) is 12.2. The maximum absolute atomic E-state index is 11.8. The van der Waals surface area contributed by atoms with Gasteiger partial charge in [0.2, 0.25) is 5.91 Å². The lowest BCUT2D eigenvalue weighted by Gasteiger charge is -2.25. The van der Waals surface area contributed by atoms with Crippen molar-refractivity contribution >= 4 is 17.5 Å². The number of halogens is 1. The summed E-state index contributed by atoms with van der Waals surface area (Å²) < 4.78 is 0. The molecular formula is C12H21ClN2O. The van der Waals surface area contributed by atoms with Gasteiger partial charge in [-0.05, 0) is 43.9 Å². The summed E-state index contributed by atoms with van der Waals surface area (Å²) in [5.74, 6) is 1.53. The lowest BCUT2D eigenvalue weighted by atomic mass is 9.85. The number of amides is 1. The summed E-state index contributed by atoms with van der Waals surface area (Å²) in [4.78, 5) is 13.8. The zero-order valence-corrected chi connectivity index (χ0v) is 10.7. The van der Waals surface area contributed by atoms with Crippen molar-refractivity contribution in [2.75, 3.05) is 19.0 Å². The van der Waals surface area contributed by atoms with Gasteiger partial charge in [0.05, 0.1) is 6.04 Å². The van der Waals surface area contributed by atoms with Gasteiger partial charge in [0.25, 0.3) is 0 Å². The molecule has 2 aliphatic rings. The fourth-order valence-corrected chi connectivity index (χ4v) is 3.50. The molecule has 1 spiro atoms. The van der Waals surface area contributed by atoms with Gasteiger partial charge in [-0.2, -0.15) is 0 Å². The molecule has 3 atom stereocenters. The Balaban J connectivity index is 1.95. The molecule has 0 bridgehead atoms. The van der Waals surface area contributed by atoms with E-state index >= 15 is 0 Å². The minimum Gasteiger partial charge on any atom is -0.341 e. The number of rotatable bonds is 2. The van der Waals surface area contributed by atoms with E-state index in [2.05, 4.69) is 0 Å². The predicted octanol–water partition coefficient (Wildman–Crippen LogP) is 1.59. The first-order valence-electron chi connectivity index (χ1n) is 6.17. The Morgan fingerprint density at radius 2 is 2.38 bits per heavy atom. The second-order valence-corrected chi connectivity index (χ2v) is 5.87. The average molecular weight is 245 g/mol. The molecule has 2 rings (SSSR count). The van der Waals surface area contributed by atoms with E-state index in [0.29, 0.717) is 11.3 Å². The van der Waals surface area contributed by atoms with E-state index in [1.54, 1.807) is 6.92 Å². The zero-order valence-electron chi connectivity index (χ0n) is 9.92. The van der Waals surface area contributed by atoms with Crippen LogP contribution in [-0.2, 0) is 4.79 Å². The number of hydrogen-bond donors (Lipinski definition) is 1. The highest BCUT2D eigenvalue weighted by Crippen LogP contribution is 2.48. The van der Waals surface area contributed by atoms with Crippen LogP contribution in [0.4, 0.5) is 0 Å². The molecule has 0 aromatic heterocycles. The average Bonchev–Trinajstić information content (AvgIpc) is 2.85. The molecule has 1 aliphatic carbocycles. The van der Waals surface area contributed by atoms with Crippen molar-refractivity contribution < 1.29 is 4.79 Å². The molecule has 4 heteroatoms. The molecule has 1 heterocycles. The third-order valence-corrected chi connectivity index (χ3v) is 4.60. The van der Waals surface area contributed by atoms with Gasteiger partial charge in [0.1, 0.15) is 0 Å². The zero-order chi connectivity index (χ0) is 11.8. The van der Waals surface area contributed by atoms with Gasteiger partial charge >= 0.3 is 0 Å². The van der Waals surface area contributed by atoms with E-state index < -0.39 is 0 Å². The quantitative estimate of drug-likeness (QED) is 0.750. The summed E-state index contributed by atoms with van der Waals surface area (Å²) in [6, 6.07) is -0.361. The number of likely N-dealkylation sites (tertiary alicyclic amines) is 1. The van der Waals surface area contributed by atoms with Crippen molar-refractivity contribution in [3.05, 3.63) is 0 Å². The normalized spacial score (nSPS) is 35.9. The van der Waals surface area contributed by atoms with Gasteiger partial charge in [-0.25, -0.2) is 0 Å². The maximum Gasteiger partial charge on any atom is 0.239 e. The summed E-state index contributed by atoms with van der Waals surface area (Å²) in [5, 5.41) is 0. The first-order chi connectivity index (χ1) is 7.56. The summed E-state index contributed by atoms with van der Waals surface area (Å²) in [6.07, 6.45) is 4.79. The van der Waals surface area contributed by atoms with E-state index in [1.807, 2.05) is 4.90 Å². The summed E-state index contributed by atoms with van der Waals surface area (Å²) in [7, 11) is 0. The molecule has 92 valence electrons. The number of hydrogen-bond acceptors (Lipinski definition) is 2. The molecule has 1 aliphatic heterocycles. The number of alkyl halides is 1. The van der Waals surface area contributed by atoms with Crippen LogP contribution in [0.15, 0.2) is 0 Å². The van der Waals surface area contributed by atoms with E-state index in [-0.39, 0.29) is 11.9 Å². The summed E-state index contributed by atoms with van der Waals surface area (Å²) in [5.41, 5.74) is 6.01. The summed E-state index contributed by atoms with van der Waals surface area (Å²) in [6.45, 7) is 3.56. The molecule has 3 nitrogen and oxygen atoms in total. The molecule has 0 aromatic rings. The molecule has 2 N–H and O–H groups in total. The SMILES string of the molecule is C[C@H](N)C(=O)N1CC[C@]2(CC[C@@H](CCl)C2)C1. The van der Waals surface area contributed by atoms with Crippen molar-refractivity contribution in [1.29, 1.82) is 0 Å². The van der Waals surface area contributed by atoms with Crippen LogP contribution in [0.2, 0.25) is 0 Å². The molecular weight excluding hydrogens is 224 g/mol. The van der Waals surface area contributed by atoms with Crippen molar-refractivity contribution in [3.8, 4) is 0 Å². The van der Waals surface area contributed by atoms with Crippen LogP contribution in [0, 0.1) is 11.3 Å². The van der Waals surface area contributed by atoms with Crippen molar-refractivity contribution in [2.24, 2.45) is 17.1 Å².